The Morgan fingerprint density at radius 2 is 0.791 bits per heavy atom. The Hall–Kier alpha value is -1.93. The van der Waals surface area contributed by atoms with E-state index in [0.29, 0.717) is 19.3 Å². The minimum Gasteiger partial charge on any atom is -0.462 e. The number of carbonyl (C=O) groups excluding carboxylic acids is 2. The Bertz CT molecular complexity index is 1310. The zero-order chi connectivity index (χ0) is 49.2. The van der Waals surface area contributed by atoms with Gasteiger partial charge in [-0.3, -0.25) is 18.6 Å². The van der Waals surface area contributed by atoms with E-state index in [1.54, 1.807) is 0 Å². The van der Waals surface area contributed by atoms with Crippen LogP contribution in [0.25, 0.3) is 0 Å². The number of aliphatic hydroxyl groups excluding tert-OH is 5. The summed E-state index contributed by atoms with van der Waals surface area (Å²) in [6.45, 7) is 3.28. The first-order valence-corrected chi connectivity index (χ1v) is 28.3. The van der Waals surface area contributed by atoms with E-state index in [1.807, 2.05) is 6.08 Å². The lowest BCUT2D eigenvalue weighted by atomic mass is 9.85. The number of aliphatic hydroxyl groups is 5. The Morgan fingerprint density at radius 3 is 1.22 bits per heavy atom. The van der Waals surface area contributed by atoms with Crippen LogP contribution in [0.4, 0.5) is 0 Å². The molecule has 0 spiro atoms. The Kier molecular flexibility index (Phi) is 40.4. The van der Waals surface area contributed by atoms with Crippen LogP contribution in [0, 0.1) is 0 Å². The molecule has 6 N–H and O–H groups in total. The molecule has 0 aliphatic heterocycles. The van der Waals surface area contributed by atoms with Crippen molar-refractivity contribution in [3.63, 3.8) is 0 Å². The summed E-state index contributed by atoms with van der Waals surface area (Å²) in [5, 5.41) is 50.3. The fourth-order valence-corrected chi connectivity index (χ4v) is 9.10. The molecule has 1 rings (SSSR count). The zero-order valence-electron chi connectivity index (χ0n) is 41.9. The van der Waals surface area contributed by atoms with Gasteiger partial charge < -0.3 is 39.9 Å². The molecule has 1 fully saturated rings. The van der Waals surface area contributed by atoms with Gasteiger partial charge in [-0.1, -0.05) is 185 Å². The standard InChI is InChI=1S/C53H97O13P/c1-3-5-7-9-11-13-15-17-19-20-21-22-23-24-25-26-28-30-32-34-36-38-40-42-47(55)65-45(44-64-67(61,62)66-53-51(59)49(57)48(56)50(58)52(53)60)43-63-46(54)41-39-37-35-33-31-29-27-18-16-14-12-10-8-6-4-2/h26,28,31,33-34,36,45,48-53,56-60H,3-25,27,29-30,32,35,37-44H2,1-2H3,(H,61,62)/b28-26+,33-31+,36-34+/t45-,48?,49-,50?,51?,52?,53?/m1/s1. The average Bonchev–Trinajstić information content (AvgIpc) is 3.31. The lowest BCUT2D eigenvalue weighted by Crippen LogP contribution is -2.64. The van der Waals surface area contributed by atoms with Gasteiger partial charge in [-0.15, -0.1) is 0 Å². The molecule has 1 aliphatic carbocycles. The van der Waals surface area contributed by atoms with Crippen molar-refractivity contribution >= 4 is 19.8 Å². The smallest absolute Gasteiger partial charge is 0.462 e. The van der Waals surface area contributed by atoms with Crippen LogP contribution in [0.3, 0.4) is 0 Å². The van der Waals surface area contributed by atoms with Crippen molar-refractivity contribution in [2.24, 2.45) is 0 Å². The maximum absolute atomic E-state index is 12.8. The van der Waals surface area contributed by atoms with Crippen molar-refractivity contribution in [1.82, 2.24) is 0 Å². The maximum Gasteiger partial charge on any atom is 0.472 e. The summed E-state index contributed by atoms with van der Waals surface area (Å²) in [7, 11) is -5.14. The van der Waals surface area contributed by atoms with Crippen LogP contribution in [-0.2, 0) is 32.7 Å². The van der Waals surface area contributed by atoms with Gasteiger partial charge in [0.1, 0.15) is 43.2 Å². The summed E-state index contributed by atoms with van der Waals surface area (Å²) in [6, 6.07) is 0. The molecule has 0 aromatic carbocycles. The number of phosphoric ester groups is 1. The second kappa shape index (κ2) is 42.9. The molecule has 13 nitrogen and oxygen atoms in total. The highest BCUT2D eigenvalue weighted by molar-refractivity contribution is 7.47. The monoisotopic (exact) mass is 973 g/mol. The number of rotatable bonds is 45. The molecule has 0 aromatic rings. The third-order valence-corrected chi connectivity index (χ3v) is 13.4. The highest BCUT2D eigenvalue weighted by Gasteiger charge is 2.51. The first-order valence-electron chi connectivity index (χ1n) is 26.8. The van der Waals surface area contributed by atoms with Gasteiger partial charge in [0.05, 0.1) is 6.61 Å². The normalized spacial score (nSPS) is 21.4. The van der Waals surface area contributed by atoms with Gasteiger partial charge in [-0.05, 0) is 70.6 Å². The van der Waals surface area contributed by atoms with Crippen LogP contribution in [0.5, 0.6) is 0 Å². The fraction of sp³-hybridized carbons (Fsp3) is 0.849. The lowest BCUT2D eigenvalue weighted by Gasteiger charge is -2.41. The van der Waals surface area contributed by atoms with Gasteiger partial charge in [0.25, 0.3) is 0 Å². The first kappa shape index (κ1) is 63.1. The highest BCUT2D eigenvalue weighted by atomic mass is 31.2. The number of ether oxygens (including phenoxy) is 2. The van der Waals surface area contributed by atoms with E-state index < -0.39 is 75.7 Å². The molecule has 0 aromatic heterocycles. The Morgan fingerprint density at radius 1 is 0.448 bits per heavy atom. The SMILES string of the molecule is CCCCCCCCCCC/C=C/CCCCC(=O)OC[C@H](COP(=O)(O)OC1C(O)C(O)C(O)[C@@H](O)C1O)OC(=O)CCC/C=C/CC/C=C/CCCCCCCCCCCCCCCC. The molecule has 0 radical (unpaired) electrons. The predicted octanol–water partition coefficient (Wildman–Crippen LogP) is 11.7. The number of phosphoric acid groups is 1. The van der Waals surface area contributed by atoms with Crippen molar-refractivity contribution in [2.45, 2.75) is 275 Å². The first-order chi connectivity index (χ1) is 32.4. The molecule has 14 heteroatoms. The number of hydrogen-bond acceptors (Lipinski definition) is 12. The lowest BCUT2D eigenvalue weighted by molar-refractivity contribution is -0.220. The van der Waals surface area contributed by atoms with Crippen LogP contribution in [-0.4, -0.2) is 98.3 Å². The van der Waals surface area contributed by atoms with Crippen LogP contribution in [0.15, 0.2) is 36.5 Å². The van der Waals surface area contributed by atoms with E-state index in [1.165, 1.54) is 148 Å². The van der Waals surface area contributed by atoms with Crippen molar-refractivity contribution in [3.8, 4) is 0 Å². The summed E-state index contributed by atoms with van der Waals surface area (Å²) >= 11 is 0. The van der Waals surface area contributed by atoms with E-state index in [4.69, 9.17) is 18.5 Å². The van der Waals surface area contributed by atoms with Gasteiger partial charge in [0, 0.05) is 12.8 Å². The molecule has 1 saturated carbocycles. The molecule has 0 amide bonds. The quantitative estimate of drug-likeness (QED) is 0.0145. The van der Waals surface area contributed by atoms with E-state index in [0.717, 1.165) is 38.5 Å². The van der Waals surface area contributed by atoms with E-state index in [-0.39, 0.29) is 12.8 Å². The average molecular weight is 973 g/mol. The summed E-state index contributed by atoms with van der Waals surface area (Å²) in [6.07, 6.45) is 37.9. The fourth-order valence-electron chi connectivity index (χ4n) is 8.13. The van der Waals surface area contributed by atoms with Gasteiger partial charge in [-0.25, -0.2) is 4.57 Å². The summed E-state index contributed by atoms with van der Waals surface area (Å²) in [5.74, 6) is -1.17. The van der Waals surface area contributed by atoms with E-state index in [9.17, 15) is 44.6 Å². The number of esters is 2. The summed E-state index contributed by atoms with van der Waals surface area (Å²) < 4.78 is 33.6. The summed E-state index contributed by atoms with van der Waals surface area (Å²) in [4.78, 5) is 35.8. The molecular formula is C53H97O13P. The van der Waals surface area contributed by atoms with Crippen LogP contribution < -0.4 is 0 Å². The molecule has 6 unspecified atom stereocenters. The molecule has 1 aliphatic rings. The van der Waals surface area contributed by atoms with Crippen molar-refractivity contribution in [1.29, 1.82) is 0 Å². The van der Waals surface area contributed by atoms with E-state index >= 15 is 0 Å². The number of unbranched alkanes of at least 4 members (excludes halogenated alkanes) is 27. The molecule has 8 atom stereocenters. The molecule has 0 bridgehead atoms. The molecule has 392 valence electrons. The van der Waals surface area contributed by atoms with Gasteiger partial charge >= 0.3 is 19.8 Å². The van der Waals surface area contributed by atoms with Crippen LogP contribution in [0.2, 0.25) is 0 Å². The van der Waals surface area contributed by atoms with Crippen LogP contribution in [0.1, 0.15) is 232 Å². The predicted molar refractivity (Wildman–Crippen MR) is 267 cm³/mol. The number of carbonyl (C=O) groups is 2. The molecular weight excluding hydrogens is 876 g/mol. The Labute approximate surface area is 406 Å². The van der Waals surface area contributed by atoms with Gasteiger partial charge in [-0.2, -0.15) is 0 Å². The highest BCUT2D eigenvalue weighted by Crippen LogP contribution is 2.47. The van der Waals surface area contributed by atoms with Gasteiger partial charge in [0.15, 0.2) is 6.10 Å². The Balaban J connectivity index is 2.40. The van der Waals surface area contributed by atoms with Crippen molar-refractivity contribution in [3.05, 3.63) is 36.5 Å². The summed E-state index contributed by atoms with van der Waals surface area (Å²) in [5.41, 5.74) is 0. The molecule has 0 heterocycles. The minimum absolute atomic E-state index is 0.0341. The third kappa shape index (κ3) is 34.9. The second-order valence-electron chi connectivity index (χ2n) is 18.7. The van der Waals surface area contributed by atoms with E-state index in [2.05, 4.69) is 44.2 Å². The maximum atomic E-state index is 12.8. The largest absolute Gasteiger partial charge is 0.472 e. The molecule has 67 heavy (non-hydrogen) atoms. The second-order valence-corrected chi connectivity index (χ2v) is 20.1. The number of allylic oxidation sites excluding steroid dienone is 6. The minimum atomic E-state index is -5.14. The molecule has 0 saturated heterocycles. The number of hydrogen-bond donors (Lipinski definition) is 6. The van der Waals surface area contributed by atoms with Crippen molar-refractivity contribution < 1.29 is 63.1 Å². The topological polar surface area (TPSA) is 210 Å². The zero-order valence-corrected chi connectivity index (χ0v) is 42.8. The van der Waals surface area contributed by atoms with Crippen LogP contribution >= 0.6 is 7.82 Å². The van der Waals surface area contributed by atoms with Crippen molar-refractivity contribution in [2.75, 3.05) is 13.2 Å². The third-order valence-electron chi connectivity index (χ3n) is 12.4. The van der Waals surface area contributed by atoms with Gasteiger partial charge in [0.2, 0.25) is 0 Å².